The SMILES string of the molecule is O=C(O)CC=Cc1ncccc1Cl. The standard InChI is InChI=1S/C9H8ClNO2/c10-7-3-2-6-11-8(7)4-1-5-9(12)13/h1-4,6H,5H2,(H,12,13). The molecule has 13 heavy (non-hydrogen) atoms. The predicted molar refractivity (Wildman–Crippen MR) is 50.5 cm³/mol. The number of aliphatic carboxylic acids is 1. The molecule has 0 radical (unpaired) electrons. The van der Waals surface area contributed by atoms with Crippen molar-refractivity contribution < 1.29 is 9.90 Å². The number of pyridine rings is 1. The lowest BCUT2D eigenvalue weighted by molar-refractivity contribution is -0.135. The van der Waals surface area contributed by atoms with Crippen LogP contribution in [-0.4, -0.2) is 16.1 Å². The molecule has 0 saturated heterocycles. The molecule has 0 unspecified atom stereocenters. The van der Waals surface area contributed by atoms with Gasteiger partial charge in [-0.2, -0.15) is 0 Å². The molecule has 0 aromatic carbocycles. The first-order valence-electron chi connectivity index (χ1n) is 3.69. The maximum Gasteiger partial charge on any atom is 0.307 e. The van der Waals surface area contributed by atoms with Crippen LogP contribution in [0.25, 0.3) is 6.08 Å². The highest BCUT2D eigenvalue weighted by Gasteiger charge is 1.95. The van der Waals surface area contributed by atoms with Crippen molar-refractivity contribution in [2.24, 2.45) is 0 Å². The first-order valence-corrected chi connectivity index (χ1v) is 4.07. The van der Waals surface area contributed by atoms with E-state index in [2.05, 4.69) is 4.98 Å². The number of aromatic nitrogens is 1. The Morgan fingerprint density at radius 1 is 1.69 bits per heavy atom. The molecule has 0 aliphatic carbocycles. The van der Waals surface area contributed by atoms with Crippen molar-refractivity contribution in [2.75, 3.05) is 0 Å². The lowest BCUT2D eigenvalue weighted by atomic mass is 10.3. The summed E-state index contributed by atoms with van der Waals surface area (Å²) in [7, 11) is 0. The van der Waals surface area contributed by atoms with Gasteiger partial charge in [0.1, 0.15) is 0 Å². The minimum atomic E-state index is -0.872. The van der Waals surface area contributed by atoms with Crippen LogP contribution in [0.5, 0.6) is 0 Å². The van der Waals surface area contributed by atoms with Gasteiger partial charge in [0.15, 0.2) is 0 Å². The summed E-state index contributed by atoms with van der Waals surface area (Å²) in [6.45, 7) is 0. The third kappa shape index (κ3) is 3.25. The second-order valence-corrected chi connectivity index (χ2v) is 2.78. The summed E-state index contributed by atoms with van der Waals surface area (Å²) in [6.07, 6.45) is 4.69. The van der Waals surface area contributed by atoms with Crippen molar-refractivity contribution in [1.29, 1.82) is 0 Å². The molecule has 1 aromatic rings. The fourth-order valence-electron chi connectivity index (χ4n) is 0.792. The van der Waals surface area contributed by atoms with Crippen molar-refractivity contribution in [3.63, 3.8) is 0 Å². The number of hydrogen-bond acceptors (Lipinski definition) is 2. The zero-order valence-corrected chi connectivity index (χ0v) is 7.53. The average Bonchev–Trinajstić information content (AvgIpc) is 2.08. The minimum absolute atomic E-state index is 0.0209. The average molecular weight is 198 g/mol. The van der Waals surface area contributed by atoms with Gasteiger partial charge in [-0.15, -0.1) is 0 Å². The van der Waals surface area contributed by atoms with E-state index in [1.165, 1.54) is 6.08 Å². The molecule has 0 amide bonds. The summed E-state index contributed by atoms with van der Waals surface area (Å²) in [6, 6.07) is 3.42. The van der Waals surface area contributed by atoms with Crippen LogP contribution in [0.2, 0.25) is 5.02 Å². The molecule has 0 spiro atoms. The molecule has 0 atom stereocenters. The molecule has 1 N–H and O–H groups in total. The van der Waals surface area contributed by atoms with Gasteiger partial charge in [0.05, 0.1) is 17.1 Å². The Hall–Kier alpha value is -1.35. The van der Waals surface area contributed by atoms with E-state index in [1.54, 1.807) is 24.4 Å². The maximum absolute atomic E-state index is 10.2. The highest BCUT2D eigenvalue weighted by Crippen LogP contribution is 2.13. The van der Waals surface area contributed by atoms with Crippen LogP contribution in [0.3, 0.4) is 0 Å². The Balaban J connectivity index is 2.68. The molecular weight excluding hydrogens is 190 g/mol. The van der Waals surface area contributed by atoms with Gasteiger partial charge in [-0.05, 0) is 18.2 Å². The topological polar surface area (TPSA) is 50.2 Å². The molecule has 0 fully saturated rings. The van der Waals surface area contributed by atoms with Crippen molar-refractivity contribution in [3.05, 3.63) is 35.1 Å². The van der Waals surface area contributed by atoms with Gasteiger partial charge in [0.25, 0.3) is 0 Å². The van der Waals surface area contributed by atoms with Gasteiger partial charge in [-0.1, -0.05) is 17.7 Å². The van der Waals surface area contributed by atoms with Gasteiger partial charge < -0.3 is 5.11 Å². The predicted octanol–water partition coefficient (Wildman–Crippen LogP) is 2.22. The van der Waals surface area contributed by atoms with Gasteiger partial charge >= 0.3 is 5.97 Å². The summed E-state index contributed by atoms with van der Waals surface area (Å²) in [5.74, 6) is -0.872. The molecule has 1 rings (SSSR count). The summed E-state index contributed by atoms with van der Waals surface area (Å²) < 4.78 is 0. The molecular formula is C9H8ClNO2. The Labute approximate surface area is 80.7 Å². The van der Waals surface area contributed by atoms with Crippen LogP contribution in [0.15, 0.2) is 24.4 Å². The molecule has 1 aromatic heterocycles. The highest BCUT2D eigenvalue weighted by atomic mass is 35.5. The van der Waals surface area contributed by atoms with E-state index in [0.717, 1.165) is 0 Å². The van der Waals surface area contributed by atoms with Crippen LogP contribution in [0, 0.1) is 0 Å². The van der Waals surface area contributed by atoms with Crippen LogP contribution in [0.4, 0.5) is 0 Å². The van der Waals surface area contributed by atoms with Gasteiger partial charge in [0.2, 0.25) is 0 Å². The Morgan fingerprint density at radius 2 is 2.46 bits per heavy atom. The second kappa shape index (κ2) is 4.62. The summed E-state index contributed by atoms with van der Waals surface area (Å²) in [5, 5.41) is 8.87. The van der Waals surface area contributed by atoms with E-state index >= 15 is 0 Å². The van der Waals surface area contributed by atoms with Crippen molar-refractivity contribution in [1.82, 2.24) is 4.98 Å². The fraction of sp³-hybridized carbons (Fsp3) is 0.111. The quantitative estimate of drug-likeness (QED) is 0.809. The zero-order chi connectivity index (χ0) is 9.68. The van der Waals surface area contributed by atoms with E-state index in [-0.39, 0.29) is 6.42 Å². The first kappa shape index (κ1) is 9.74. The van der Waals surface area contributed by atoms with E-state index < -0.39 is 5.97 Å². The molecule has 3 nitrogen and oxygen atoms in total. The van der Waals surface area contributed by atoms with E-state index in [0.29, 0.717) is 10.7 Å². The number of nitrogens with zero attached hydrogens (tertiary/aromatic N) is 1. The first-order chi connectivity index (χ1) is 6.20. The Morgan fingerprint density at radius 3 is 3.08 bits per heavy atom. The third-order valence-electron chi connectivity index (χ3n) is 1.36. The number of carboxylic acid groups (broad SMARTS) is 1. The number of halogens is 1. The molecule has 68 valence electrons. The fourth-order valence-corrected chi connectivity index (χ4v) is 0.976. The van der Waals surface area contributed by atoms with Crippen LogP contribution in [0.1, 0.15) is 12.1 Å². The third-order valence-corrected chi connectivity index (χ3v) is 1.67. The molecule has 0 aliphatic rings. The highest BCUT2D eigenvalue weighted by molar-refractivity contribution is 6.31. The van der Waals surface area contributed by atoms with Gasteiger partial charge in [-0.25, -0.2) is 0 Å². The largest absolute Gasteiger partial charge is 0.481 e. The van der Waals surface area contributed by atoms with E-state index in [4.69, 9.17) is 16.7 Å². The number of rotatable bonds is 3. The number of carboxylic acids is 1. The molecule has 0 saturated carbocycles. The zero-order valence-electron chi connectivity index (χ0n) is 6.77. The Bertz CT molecular complexity index is 336. The summed E-state index contributed by atoms with van der Waals surface area (Å²) in [4.78, 5) is 14.1. The minimum Gasteiger partial charge on any atom is -0.481 e. The molecule has 1 heterocycles. The van der Waals surface area contributed by atoms with Crippen LogP contribution < -0.4 is 0 Å². The number of hydrogen-bond donors (Lipinski definition) is 1. The number of carbonyl (C=O) groups is 1. The summed E-state index contributed by atoms with van der Waals surface area (Å²) >= 11 is 5.78. The van der Waals surface area contributed by atoms with Gasteiger partial charge in [0, 0.05) is 6.20 Å². The second-order valence-electron chi connectivity index (χ2n) is 2.37. The van der Waals surface area contributed by atoms with E-state index in [1.807, 2.05) is 0 Å². The van der Waals surface area contributed by atoms with Crippen molar-refractivity contribution in [3.8, 4) is 0 Å². The lowest BCUT2D eigenvalue weighted by Crippen LogP contribution is -1.90. The van der Waals surface area contributed by atoms with Crippen molar-refractivity contribution in [2.45, 2.75) is 6.42 Å². The van der Waals surface area contributed by atoms with Gasteiger partial charge in [-0.3, -0.25) is 9.78 Å². The van der Waals surface area contributed by atoms with Crippen LogP contribution >= 0.6 is 11.6 Å². The Kier molecular flexibility index (Phi) is 3.46. The van der Waals surface area contributed by atoms with Crippen LogP contribution in [-0.2, 0) is 4.79 Å². The molecule has 4 heteroatoms. The smallest absolute Gasteiger partial charge is 0.307 e. The lowest BCUT2D eigenvalue weighted by Gasteiger charge is -1.94. The normalized spacial score (nSPS) is 10.5. The molecule has 0 aliphatic heterocycles. The van der Waals surface area contributed by atoms with Crippen molar-refractivity contribution >= 4 is 23.6 Å². The maximum atomic E-state index is 10.2. The monoisotopic (exact) mass is 197 g/mol. The summed E-state index contributed by atoms with van der Waals surface area (Å²) in [5.41, 5.74) is 0.588. The molecule has 0 bridgehead atoms. The van der Waals surface area contributed by atoms with E-state index in [9.17, 15) is 4.79 Å².